The molecule has 3 unspecified atom stereocenters. The molecule has 0 aromatic rings. The Kier molecular flexibility index (Phi) is 5.41. The van der Waals surface area contributed by atoms with E-state index < -0.39 is 5.97 Å². The lowest BCUT2D eigenvalue weighted by molar-refractivity contribution is -0.137. The van der Waals surface area contributed by atoms with Gasteiger partial charge in [-0.3, -0.25) is 9.59 Å². The van der Waals surface area contributed by atoms with Crippen LogP contribution in [0.15, 0.2) is 0 Å². The smallest absolute Gasteiger partial charge is 0.305 e. The predicted molar refractivity (Wildman–Crippen MR) is 64.6 cm³/mol. The van der Waals surface area contributed by atoms with Gasteiger partial charge in [0.15, 0.2) is 0 Å². The number of amides is 1. The van der Waals surface area contributed by atoms with Gasteiger partial charge >= 0.3 is 5.97 Å². The zero-order valence-electron chi connectivity index (χ0n) is 10.5. The molecule has 1 rings (SSSR count). The molecule has 3 atom stereocenters. The van der Waals surface area contributed by atoms with Crippen LogP contribution >= 0.6 is 0 Å². The van der Waals surface area contributed by atoms with Crippen LogP contribution in [-0.2, 0) is 9.59 Å². The van der Waals surface area contributed by atoms with Gasteiger partial charge in [0, 0.05) is 12.6 Å². The minimum atomic E-state index is -0.860. The average Bonchev–Trinajstić information content (AvgIpc) is 2.63. The minimum Gasteiger partial charge on any atom is -0.481 e. The van der Waals surface area contributed by atoms with Crippen molar-refractivity contribution < 1.29 is 14.7 Å². The summed E-state index contributed by atoms with van der Waals surface area (Å²) in [5.74, 6) is -0.575. The van der Waals surface area contributed by atoms with E-state index in [2.05, 4.69) is 10.6 Å². The van der Waals surface area contributed by atoms with Crippen LogP contribution in [0.3, 0.4) is 0 Å². The van der Waals surface area contributed by atoms with Gasteiger partial charge in [0.1, 0.15) is 0 Å². The summed E-state index contributed by atoms with van der Waals surface area (Å²) in [4.78, 5) is 22.7. The number of carboxylic acids is 1. The largest absolute Gasteiger partial charge is 0.481 e. The second-order valence-corrected chi connectivity index (χ2v) is 4.83. The van der Waals surface area contributed by atoms with Gasteiger partial charge in [-0.15, -0.1) is 0 Å². The third-order valence-electron chi connectivity index (χ3n) is 3.26. The molecular formula is C12H22N2O3. The summed E-state index contributed by atoms with van der Waals surface area (Å²) < 4.78 is 0. The molecule has 5 heteroatoms. The Hall–Kier alpha value is -1.10. The summed E-state index contributed by atoms with van der Waals surface area (Å²) in [6, 6.07) is -0.238. The van der Waals surface area contributed by atoms with Crippen LogP contribution in [0.2, 0.25) is 0 Å². The van der Waals surface area contributed by atoms with E-state index in [9.17, 15) is 9.59 Å². The van der Waals surface area contributed by atoms with Gasteiger partial charge in [-0.2, -0.15) is 0 Å². The van der Waals surface area contributed by atoms with Crippen LogP contribution in [0, 0.1) is 11.8 Å². The zero-order valence-corrected chi connectivity index (χ0v) is 10.5. The number of carbonyl (C=O) groups is 2. The Morgan fingerprint density at radius 3 is 2.65 bits per heavy atom. The highest BCUT2D eigenvalue weighted by atomic mass is 16.4. The van der Waals surface area contributed by atoms with E-state index in [0.29, 0.717) is 18.9 Å². The second kappa shape index (κ2) is 6.59. The van der Waals surface area contributed by atoms with E-state index in [4.69, 9.17) is 5.11 Å². The van der Waals surface area contributed by atoms with Crippen molar-refractivity contribution in [3.63, 3.8) is 0 Å². The van der Waals surface area contributed by atoms with Gasteiger partial charge in [0.05, 0.1) is 12.3 Å². The summed E-state index contributed by atoms with van der Waals surface area (Å²) in [5, 5.41) is 14.8. The number of nitrogens with one attached hydrogen (secondary N) is 2. The van der Waals surface area contributed by atoms with E-state index in [1.807, 2.05) is 13.8 Å². The van der Waals surface area contributed by atoms with E-state index in [1.54, 1.807) is 0 Å². The summed E-state index contributed by atoms with van der Waals surface area (Å²) in [7, 11) is 0. The van der Waals surface area contributed by atoms with Gasteiger partial charge in [0.2, 0.25) is 5.91 Å². The molecule has 0 aromatic carbocycles. The number of carboxylic acid groups (broad SMARTS) is 1. The lowest BCUT2D eigenvalue weighted by Crippen LogP contribution is -2.42. The summed E-state index contributed by atoms with van der Waals surface area (Å²) in [5.41, 5.74) is 0. The lowest BCUT2D eigenvalue weighted by Gasteiger charge is -2.20. The van der Waals surface area contributed by atoms with E-state index in [0.717, 1.165) is 13.0 Å². The van der Waals surface area contributed by atoms with Crippen molar-refractivity contribution in [1.29, 1.82) is 0 Å². The molecule has 0 saturated carbocycles. The first-order chi connectivity index (χ1) is 8.04. The van der Waals surface area contributed by atoms with Crippen molar-refractivity contribution in [2.45, 2.75) is 39.2 Å². The molecule has 3 N–H and O–H groups in total. The van der Waals surface area contributed by atoms with Crippen molar-refractivity contribution in [3.8, 4) is 0 Å². The SMILES string of the molecule is CCCC(CC(=O)O)NC(=O)C1CNCC1C. The molecule has 0 bridgehead atoms. The van der Waals surface area contributed by atoms with Gasteiger partial charge in [0.25, 0.3) is 0 Å². The standard InChI is InChI=1S/C12H22N2O3/c1-3-4-9(5-11(15)16)14-12(17)10-7-13-6-8(10)2/h8-10,13H,3-7H2,1-2H3,(H,14,17)(H,15,16). The van der Waals surface area contributed by atoms with Crippen LogP contribution < -0.4 is 10.6 Å². The minimum absolute atomic E-state index is 0.00805. The number of hydrogen-bond donors (Lipinski definition) is 3. The van der Waals surface area contributed by atoms with Crippen LogP contribution in [0.5, 0.6) is 0 Å². The van der Waals surface area contributed by atoms with Crippen molar-refractivity contribution in [2.75, 3.05) is 13.1 Å². The molecule has 17 heavy (non-hydrogen) atoms. The van der Waals surface area contributed by atoms with Gasteiger partial charge < -0.3 is 15.7 Å². The molecule has 0 radical (unpaired) electrons. The summed E-state index contributed by atoms with van der Waals surface area (Å²) >= 11 is 0. The first-order valence-corrected chi connectivity index (χ1v) is 6.27. The topological polar surface area (TPSA) is 78.4 Å². The Morgan fingerprint density at radius 2 is 2.18 bits per heavy atom. The molecule has 5 nitrogen and oxygen atoms in total. The fraction of sp³-hybridized carbons (Fsp3) is 0.833. The Labute approximate surface area is 102 Å². The summed E-state index contributed by atoms with van der Waals surface area (Å²) in [6.07, 6.45) is 1.59. The van der Waals surface area contributed by atoms with Gasteiger partial charge in [-0.1, -0.05) is 20.3 Å². The fourth-order valence-electron chi connectivity index (χ4n) is 2.25. The normalized spacial score (nSPS) is 25.5. The average molecular weight is 242 g/mol. The second-order valence-electron chi connectivity index (χ2n) is 4.83. The monoisotopic (exact) mass is 242 g/mol. The maximum absolute atomic E-state index is 12.0. The highest BCUT2D eigenvalue weighted by Crippen LogP contribution is 2.16. The number of rotatable bonds is 6. The molecule has 1 aliphatic heterocycles. The molecule has 1 amide bonds. The first kappa shape index (κ1) is 14.0. The molecule has 1 aliphatic rings. The number of aliphatic carboxylic acids is 1. The third-order valence-corrected chi connectivity index (χ3v) is 3.26. The molecular weight excluding hydrogens is 220 g/mol. The Bertz CT molecular complexity index is 281. The van der Waals surface area contributed by atoms with Crippen molar-refractivity contribution >= 4 is 11.9 Å². The van der Waals surface area contributed by atoms with Crippen LogP contribution in [0.1, 0.15) is 33.1 Å². The lowest BCUT2D eigenvalue weighted by atomic mass is 9.96. The maximum Gasteiger partial charge on any atom is 0.305 e. The van der Waals surface area contributed by atoms with Gasteiger partial charge in [-0.25, -0.2) is 0 Å². The summed E-state index contributed by atoms with van der Waals surface area (Å²) in [6.45, 7) is 5.57. The molecule has 0 aromatic heterocycles. The quantitative estimate of drug-likeness (QED) is 0.637. The first-order valence-electron chi connectivity index (χ1n) is 6.27. The van der Waals surface area contributed by atoms with Crippen LogP contribution in [-0.4, -0.2) is 36.1 Å². The van der Waals surface area contributed by atoms with Gasteiger partial charge in [-0.05, 0) is 18.9 Å². The highest BCUT2D eigenvalue weighted by molar-refractivity contribution is 5.80. The number of carbonyl (C=O) groups excluding carboxylic acids is 1. The van der Waals surface area contributed by atoms with Crippen LogP contribution in [0.4, 0.5) is 0 Å². The van der Waals surface area contributed by atoms with Crippen molar-refractivity contribution in [3.05, 3.63) is 0 Å². The molecule has 1 heterocycles. The van der Waals surface area contributed by atoms with E-state index in [1.165, 1.54) is 0 Å². The fourth-order valence-corrected chi connectivity index (χ4v) is 2.25. The van der Waals surface area contributed by atoms with Crippen LogP contribution in [0.25, 0.3) is 0 Å². The zero-order chi connectivity index (χ0) is 12.8. The van der Waals surface area contributed by atoms with E-state index >= 15 is 0 Å². The molecule has 1 saturated heterocycles. The van der Waals surface area contributed by atoms with E-state index in [-0.39, 0.29) is 24.3 Å². The molecule has 1 fully saturated rings. The maximum atomic E-state index is 12.0. The predicted octanol–water partition coefficient (Wildman–Crippen LogP) is 0.602. The number of hydrogen-bond acceptors (Lipinski definition) is 3. The molecule has 98 valence electrons. The van der Waals surface area contributed by atoms with Crippen molar-refractivity contribution in [1.82, 2.24) is 10.6 Å². The Morgan fingerprint density at radius 1 is 1.47 bits per heavy atom. The van der Waals surface area contributed by atoms with Crippen molar-refractivity contribution in [2.24, 2.45) is 11.8 Å². The molecule has 0 aliphatic carbocycles. The Balaban J connectivity index is 2.47. The third kappa shape index (κ3) is 4.34. The molecule has 0 spiro atoms. The highest BCUT2D eigenvalue weighted by Gasteiger charge is 2.30.